The summed E-state index contributed by atoms with van der Waals surface area (Å²) in [6.45, 7) is -3.05. The summed E-state index contributed by atoms with van der Waals surface area (Å²) in [7, 11) is 1.55. The molecule has 2 aromatic carbocycles. The summed E-state index contributed by atoms with van der Waals surface area (Å²) in [5.41, 5.74) is 1.14. The molecule has 31 heavy (non-hydrogen) atoms. The molecule has 0 saturated heterocycles. The summed E-state index contributed by atoms with van der Waals surface area (Å²) in [5.74, 6) is -0.315. The van der Waals surface area contributed by atoms with E-state index in [1.807, 2.05) is 0 Å². The minimum absolute atomic E-state index is 0.00132. The number of nitrogens with zero attached hydrogens (tertiary/aromatic N) is 2. The monoisotopic (exact) mass is 449 g/mol. The molecule has 11 heteroatoms. The zero-order valence-corrected chi connectivity index (χ0v) is 17.0. The van der Waals surface area contributed by atoms with E-state index in [0.717, 1.165) is 11.3 Å². The number of amides is 1. The third-order valence-corrected chi connectivity index (χ3v) is 4.76. The molecule has 0 aliphatic heterocycles. The van der Waals surface area contributed by atoms with Gasteiger partial charge in [0.1, 0.15) is 18.1 Å². The van der Waals surface area contributed by atoms with E-state index in [-0.39, 0.29) is 23.8 Å². The molecule has 8 nitrogen and oxygen atoms in total. The van der Waals surface area contributed by atoms with Gasteiger partial charge in [0.25, 0.3) is 5.91 Å². The highest BCUT2D eigenvalue weighted by Crippen LogP contribution is 2.18. The van der Waals surface area contributed by atoms with Gasteiger partial charge in [-0.3, -0.25) is 9.59 Å². The smallest absolute Gasteiger partial charge is 0.387 e. The van der Waals surface area contributed by atoms with Gasteiger partial charge in [0.15, 0.2) is 5.01 Å². The first-order valence-corrected chi connectivity index (χ1v) is 9.72. The summed E-state index contributed by atoms with van der Waals surface area (Å²) in [6, 6.07) is 12.5. The lowest BCUT2D eigenvalue weighted by atomic mass is 10.1. The van der Waals surface area contributed by atoms with Gasteiger partial charge in [-0.15, -0.1) is 10.2 Å². The molecule has 1 N–H and O–H groups in total. The predicted octanol–water partition coefficient (Wildman–Crippen LogP) is 3.69. The van der Waals surface area contributed by atoms with Crippen molar-refractivity contribution < 1.29 is 32.6 Å². The number of carbonyl (C=O) groups excluding carboxylic acids is 2. The molecule has 0 bridgehead atoms. The SMILES string of the molecule is COc1ccc(NC(=O)c2nnc(COC(=O)Cc3ccc(OC(F)F)cc3)s2)cc1. The molecule has 1 heterocycles. The van der Waals surface area contributed by atoms with Crippen LogP contribution >= 0.6 is 11.3 Å². The van der Waals surface area contributed by atoms with E-state index in [0.29, 0.717) is 22.0 Å². The number of alkyl halides is 2. The van der Waals surface area contributed by atoms with E-state index in [1.54, 1.807) is 31.4 Å². The van der Waals surface area contributed by atoms with Crippen LogP contribution in [0.5, 0.6) is 11.5 Å². The number of benzene rings is 2. The first kappa shape index (κ1) is 22.1. The molecule has 0 unspecified atom stereocenters. The average Bonchev–Trinajstić information content (AvgIpc) is 3.23. The van der Waals surface area contributed by atoms with Crippen molar-refractivity contribution >= 4 is 28.9 Å². The van der Waals surface area contributed by atoms with Crippen LogP contribution < -0.4 is 14.8 Å². The lowest BCUT2D eigenvalue weighted by Crippen LogP contribution is -2.11. The Labute approximate surface area is 179 Å². The van der Waals surface area contributed by atoms with Crippen LogP contribution in [0.3, 0.4) is 0 Å². The lowest BCUT2D eigenvalue weighted by molar-refractivity contribution is -0.144. The number of esters is 1. The molecular formula is C20H17F2N3O5S. The van der Waals surface area contributed by atoms with Crippen molar-refractivity contribution in [3.8, 4) is 11.5 Å². The first-order valence-electron chi connectivity index (χ1n) is 8.90. The number of nitrogens with one attached hydrogen (secondary N) is 1. The number of ether oxygens (including phenoxy) is 3. The number of hydrogen-bond donors (Lipinski definition) is 1. The quantitative estimate of drug-likeness (QED) is 0.498. The van der Waals surface area contributed by atoms with Crippen LogP contribution in [0.2, 0.25) is 0 Å². The molecule has 0 aliphatic rings. The Morgan fingerprint density at radius 1 is 1.03 bits per heavy atom. The predicted molar refractivity (Wildman–Crippen MR) is 107 cm³/mol. The van der Waals surface area contributed by atoms with E-state index >= 15 is 0 Å². The topological polar surface area (TPSA) is 99.6 Å². The largest absolute Gasteiger partial charge is 0.497 e. The average molecular weight is 449 g/mol. The van der Waals surface area contributed by atoms with Gasteiger partial charge in [0, 0.05) is 5.69 Å². The van der Waals surface area contributed by atoms with E-state index in [9.17, 15) is 18.4 Å². The van der Waals surface area contributed by atoms with Crippen molar-refractivity contribution in [1.29, 1.82) is 0 Å². The minimum atomic E-state index is -2.91. The Balaban J connectivity index is 1.47. The Morgan fingerprint density at radius 3 is 2.35 bits per heavy atom. The van der Waals surface area contributed by atoms with Crippen molar-refractivity contribution in [2.45, 2.75) is 19.6 Å². The van der Waals surface area contributed by atoms with Gasteiger partial charge in [-0.2, -0.15) is 8.78 Å². The van der Waals surface area contributed by atoms with Crippen molar-refractivity contribution in [2.24, 2.45) is 0 Å². The lowest BCUT2D eigenvalue weighted by Gasteiger charge is -2.06. The van der Waals surface area contributed by atoms with Crippen LogP contribution in [-0.2, 0) is 22.6 Å². The van der Waals surface area contributed by atoms with E-state index in [4.69, 9.17) is 9.47 Å². The van der Waals surface area contributed by atoms with Gasteiger partial charge in [-0.1, -0.05) is 23.5 Å². The Kier molecular flexibility index (Phi) is 7.44. The standard InChI is InChI=1S/C20H17F2N3O5S/c1-28-14-8-4-13(5-9-14)23-18(27)19-25-24-16(31-19)11-29-17(26)10-12-2-6-15(7-3-12)30-20(21)22/h2-9,20H,10-11H2,1H3,(H,23,27). The molecule has 0 atom stereocenters. The summed E-state index contributed by atoms with van der Waals surface area (Å²) in [5, 5.41) is 10.8. The number of rotatable bonds is 9. The van der Waals surface area contributed by atoms with Crippen molar-refractivity contribution in [1.82, 2.24) is 10.2 Å². The maximum Gasteiger partial charge on any atom is 0.387 e. The van der Waals surface area contributed by atoms with Crippen LogP contribution in [0, 0.1) is 0 Å². The Hall–Kier alpha value is -3.60. The van der Waals surface area contributed by atoms with Crippen LogP contribution in [0.4, 0.5) is 14.5 Å². The van der Waals surface area contributed by atoms with E-state index < -0.39 is 18.5 Å². The van der Waals surface area contributed by atoms with Gasteiger partial charge < -0.3 is 19.5 Å². The van der Waals surface area contributed by atoms with E-state index in [2.05, 4.69) is 20.3 Å². The maximum atomic E-state index is 12.3. The highest BCUT2D eigenvalue weighted by Gasteiger charge is 2.15. The molecule has 0 radical (unpaired) electrons. The fourth-order valence-electron chi connectivity index (χ4n) is 2.41. The van der Waals surface area contributed by atoms with Crippen LogP contribution in [-0.4, -0.2) is 35.8 Å². The summed E-state index contributed by atoms with van der Waals surface area (Å²) < 4.78 is 38.7. The highest BCUT2D eigenvalue weighted by molar-refractivity contribution is 7.13. The minimum Gasteiger partial charge on any atom is -0.497 e. The van der Waals surface area contributed by atoms with Crippen molar-refractivity contribution in [3.63, 3.8) is 0 Å². The molecule has 0 spiro atoms. The molecular weight excluding hydrogens is 432 g/mol. The second-order valence-corrected chi connectivity index (χ2v) is 7.11. The summed E-state index contributed by atoms with van der Waals surface area (Å²) >= 11 is 1.00. The normalized spacial score (nSPS) is 10.6. The fourth-order valence-corrected chi connectivity index (χ4v) is 3.06. The van der Waals surface area contributed by atoms with Crippen LogP contribution in [0.25, 0.3) is 0 Å². The Morgan fingerprint density at radius 2 is 1.71 bits per heavy atom. The van der Waals surface area contributed by atoms with Gasteiger partial charge in [-0.05, 0) is 42.0 Å². The molecule has 1 aromatic heterocycles. The number of aromatic nitrogens is 2. The molecule has 0 saturated carbocycles. The number of methoxy groups -OCH3 is 1. The molecule has 0 fully saturated rings. The Bertz CT molecular complexity index is 1030. The maximum absolute atomic E-state index is 12.3. The highest BCUT2D eigenvalue weighted by atomic mass is 32.1. The second-order valence-electron chi connectivity index (χ2n) is 6.04. The third-order valence-electron chi connectivity index (χ3n) is 3.86. The van der Waals surface area contributed by atoms with E-state index in [1.165, 1.54) is 24.3 Å². The van der Waals surface area contributed by atoms with Crippen molar-refractivity contribution in [2.75, 3.05) is 12.4 Å². The second kappa shape index (κ2) is 10.4. The van der Waals surface area contributed by atoms with Crippen LogP contribution in [0.1, 0.15) is 20.4 Å². The molecule has 1 amide bonds. The van der Waals surface area contributed by atoms with Gasteiger partial charge in [0.05, 0.1) is 13.5 Å². The van der Waals surface area contributed by atoms with Gasteiger partial charge >= 0.3 is 12.6 Å². The molecule has 162 valence electrons. The zero-order valence-electron chi connectivity index (χ0n) is 16.2. The fraction of sp³-hybridized carbons (Fsp3) is 0.200. The van der Waals surface area contributed by atoms with Crippen molar-refractivity contribution in [3.05, 3.63) is 64.1 Å². The molecule has 3 aromatic rings. The third kappa shape index (κ3) is 6.71. The van der Waals surface area contributed by atoms with Gasteiger partial charge in [-0.25, -0.2) is 0 Å². The van der Waals surface area contributed by atoms with Gasteiger partial charge in [0.2, 0.25) is 5.01 Å². The summed E-state index contributed by atoms with van der Waals surface area (Å²) in [6.07, 6.45) is -0.0570. The molecule has 0 aliphatic carbocycles. The number of halogens is 2. The number of anilines is 1. The first-order chi connectivity index (χ1) is 14.9. The number of carbonyl (C=O) groups is 2. The zero-order chi connectivity index (χ0) is 22.2. The summed E-state index contributed by atoms with van der Waals surface area (Å²) in [4.78, 5) is 24.2. The van der Waals surface area contributed by atoms with Crippen LogP contribution in [0.15, 0.2) is 48.5 Å². The molecule has 3 rings (SSSR count). The number of hydrogen-bond acceptors (Lipinski definition) is 8.